The summed E-state index contributed by atoms with van der Waals surface area (Å²) in [6, 6.07) is 41.6. The third-order valence-electron chi connectivity index (χ3n) is 7.39. The molecule has 1 N–H and O–H groups in total. The van der Waals surface area contributed by atoms with Crippen molar-refractivity contribution in [3.05, 3.63) is 132 Å². The summed E-state index contributed by atoms with van der Waals surface area (Å²) in [5, 5.41) is 3.67. The molecule has 0 atom stereocenters. The Morgan fingerprint density at radius 1 is 0.486 bits per heavy atom. The Bertz CT molecular complexity index is 1540. The molecule has 0 fully saturated rings. The number of hydrogen-bond donors (Lipinski definition) is 1. The van der Waals surface area contributed by atoms with Crippen LogP contribution in [-0.2, 0) is 5.41 Å². The average Bonchev–Trinajstić information content (AvgIpc) is 3.11. The Hall–Kier alpha value is -4.10. The fraction of sp³-hybridized carbons (Fsp3) is 0.118. The van der Waals surface area contributed by atoms with E-state index in [2.05, 4.69) is 141 Å². The van der Waals surface area contributed by atoms with Crippen LogP contribution < -0.4 is 5.32 Å². The molecule has 5 aromatic rings. The lowest BCUT2D eigenvalue weighted by atomic mass is 9.81. The maximum Gasteiger partial charge on any atom is 0.0390 e. The predicted molar refractivity (Wildman–Crippen MR) is 149 cm³/mol. The molecule has 1 aliphatic carbocycles. The first kappa shape index (κ1) is 21.4. The highest BCUT2D eigenvalue weighted by molar-refractivity contribution is 5.85. The monoisotopic (exact) mass is 451 g/mol. The molecule has 1 nitrogen and oxygen atoms in total. The first-order valence-electron chi connectivity index (χ1n) is 12.3. The topological polar surface area (TPSA) is 12.0 Å². The fourth-order valence-corrected chi connectivity index (χ4v) is 5.45. The molecule has 170 valence electrons. The second kappa shape index (κ2) is 8.29. The van der Waals surface area contributed by atoms with Crippen molar-refractivity contribution in [3.8, 4) is 33.4 Å². The Morgan fingerprint density at radius 3 is 1.94 bits per heavy atom. The van der Waals surface area contributed by atoms with Crippen LogP contribution in [-0.4, -0.2) is 0 Å². The Labute approximate surface area is 208 Å². The van der Waals surface area contributed by atoms with E-state index in [4.69, 9.17) is 0 Å². The predicted octanol–water partition coefficient (Wildman–Crippen LogP) is 9.38. The summed E-state index contributed by atoms with van der Waals surface area (Å²) in [4.78, 5) is 0. The van der Waals surface area contributed by atoms with Crippen LogP contribution in [0, 0.1) is 6.92 Å². The summed E-state index contributed by atoms with van der Waals surface area (Å²) < 4.78 is 0. The highest BCUT2D eigenvalue weighted by atomic mass is 14.9. The fourth-order valence-electron chi connectivity index (χ4n) is 5.45. The van der Waals surface area contributed by atoms with Crippen molar-refractivity contribution < 1.29 is 0 Å². The van der Waals surface area contributed by atoms with Gasteiger partial charge in [0.1, 0.15) is 0 Å². The summed E-state index contributed by atoms with van der Waals surface area (Å²) >= 11 is 0. The van der Waals surface area contributed by atoms with Crippen LogP contribution in [0.15, 0.2) is 115 Å². The molecule has 0 aliphatic heterocycles. The van der Waals surface area contributed by atoms with Gasteiger partial charge in [-0.3, -0.25) is 0 Å². The lowest BCUT2D eigenvalue weighted by Gasteiger charge is -2.23. The summed E-state index contributed by atoms with van der Waals surface area (Å²) in [6.45, 7) is 6.85. The molecular formula is C34H29N. The number of anilines is 2. The van der Waals surface area contributed by atoms with Crippen molar-refractivity contribution in [1.29, 1.82) is 0 Å². The van der Waals surface area contributed by atoms with Crippen LogP contribution in [0.4, 0.5) is 11.4 Å². The number of benzene rings is 5. The SMILES string of the molecule is Cc1ccccc1-c1cccc(Nc2ccc3c(c2)C(C)(C)c2cc(-c4ccccc4)ccc2-3)c1. The summed E-state index contributed by atoms with van der Waals surface area (Å²) in [7, 11) is 0. The highest BCUT2D eigenvalue weighted by Crippen LogP contribution is 2.50. The van der Waals surface area contributed by atoms with Crippen molar-refractivity contribution in [3.63, 3.8) is 0 Å². The van der Waals surface area contributed by atoms with E-state index in [1.165, 1.54) is 50.1 Å². The molecule has 35 heavy (non-hydrogen) atoms. The zero-order valence-electron chi connectivity index (χ0n) is 20.5. The van der Waals surface area contributed by atoms with Crippen molar-refractivity contribution in [2.75, 3.05) is 5.32 Å². The summed E-state index contributed by atoms with van der Waals surface area (Å²) in [6.07, 6.45) is 0. The highest BCUT2D eigenvalue weighted by Gasteiger charge is 2.35. The number of rotatable bonds is 4. The molecule has 6 rings (SSSR count). The van der Waals surface area contributed by atoms with Crippen LogP contribution in [0.25, 0.3) is 33.4 Å². The molecule has 0 saturated heterocycles. The molecule has 0 heterocycles. The second-order valence-corrected chi connectivity index (χ2v) is 10.0. The van der Waals surface area contributed by atoms with E-state index >= 15 is 0 Å². The lowest BCUT2D eigenvalue weighted by molar-refractivity contribution is 0.661. The molecule has 1 aliphatic rings. The maximum absolute atomic E-state index is 3.67. The van der Waals surface area contributed by atoms with Gasteiger partial charge >= 0.3 is 0 Å². The van der Waals surface area contributed by atoms with Crippen LogP contribution in [0.3, 0.4) is 0 Å². The molecule has 0 unspecified atom stereocenters. The van der Waals surface area contributed by atoms with Gasteiger partial charge in [0.2, 0.25) is 0 Å². The third-order valence-corrected chi connectivity index (χ3v) is 7.39. The van der Waals surface area contributed by atoms with Gasteiger partial charge in [0.05, 0.1) is 0 Å². The van der Waals surface area contributed by atoms with Gasteiger partial charge < -0.3 is 5.32 Å². The minimum atomic E-state index is -0.0594. The van der Waals surface area contributed by atoms with E-state index in [0.29, 0.717) is 0 Å². The van der Waals surface area contributed by atoms with E-state index < -0.39 is 0 Å². The summed E-state index contributed by atoms with van der Waals surface area (Å²) in [5.74, 6) is 0. The lowest BCUT2D eigenvalue weighted by Crippen LogP contribution is -2.15. The van der Waals surface area contributed by atoms with Crippen molar-refractivity contribution in [2.45, 2.75) is 26.2 Å². The Kier molecular flexibility index (Phi) is 5.07. The standard InChI is InChI=1S/C34H29N/c1-23-10-7-8-15-29(23)26-13-9-14-27(20-26)35-28-17-19-31-30-18-16-25(24-11-5-4-6-12-24)21-32(30)34(2,3)33(31)22-28/h4-22,35H,1-3H3. The van der Waals surface area contributed by atoms with Gasteiger partial charge in [-0.25, -0.2) is 0 Å². The van der Waals surface area contributed by atoms with E-state index in [-0.39, 0.29) is 5.41 Å². The molecule has 1 heteroatoms. The van der Waals surface area contributed by atoms with Crippen molar-refractivity contribution >= 4 is 11.4 Å². The molecular weight excluding hydrogens is 422 g/mol. The van der Waals surface area contributed by atoms with Crippen LogP contribution >= 0.6 is 0 Å². The zero-order chi connectivity index (χ0) is 24.0. The van der Waals surface area contributed by atoms with Gasteiger partial charge in [-0.05, 0) is 87.3 Å². The first-order valence-corrected chi connectivity index (χ1v) is 12.3. The molecule has 0 aromatic heterocycles. The van der Waals surface area contributed by atoms with Gasteiger partial charge in [-0.15, -0.1) is 0 Å². The largest absolute Gasteiger partial charge is 0.356 e. The van der Waals surface area contributed by atoms with Gasteiger partial charge in [-0.2, -0.15) is 0 Å². The molecule has 5 aromatic carbocycles. The Balaban J connectivity index is 1.34. The number of hydrogen-bond acceptors (Lipinski definition) is 1. The molecule has 0 bridgehead atoms. The van der Waals surface area contributed by atoms with Gasteiger partial charge in [0, 0.05) is 16.8 Å². The van der Waals surface area contributed by atoms with E-state index in [1.807, 2.05) is 0 Å². The first-order chi connectivity index (χ1) is 17.0. The molecule has 0 spiro atoms. The average molecular weight is 452 g/mol. The molecule has 0 amide bonds. The van der Waals surface area contributed by atoms with E-state index in [1.54, 1.807) is 0 Å². The second-order valence-electron chi connectivity index (χ2n) is 10.0. The molecule has 0 radical (unpaired) electrons. The number of nitrogens with one attached hydrogen (secondary N) is 1. The van der Waals surface area contributed by atoms with Crippen LogP contribution in [0.2, 0.25) is 0 Å². The number of fused-ring (bicyclic) bond motifs is 3. The quantitative estimate of drug-likeness (QED) is 0.287. The maximum atomic E-state index is 3.67. The summed E-state index contributed by atoms with van der Waals surface area (Å²) in [5.41, 5.74) is 13.9. The minimum absolute atomic E-state index is 0.0594. The zero-order valence-corrected chi connectivity index (χ0v) is 20.5. The third kappa shape index (κ3) is 3.74. The Morgan fingerprint density at radius 2 is 1.14 bits per heavy atom. The minimum Gasteiger partial charge on any atom is -0.356 e. The van der Waals surface area contributed by atoms with Crippen LogP contribution in [0.5, 0.6) is 0 Å². The number of aryl methyl sites for hydroxylation is 1. The van der Waals surface area contributed by atoms with Crippen LogP contribution in [0.1, 0.15) is 30.5 Å². The normalized spacial score (nSPS) is 13.2. The smallest absolute Gasteiger partial charge is 0.0390 e. The van der Waals surface area contributed by atoms with E-state index in [0.717, 1.165) is 11.4 Å². The van der Waals surface area contributed by atoms with Gasteiger partial charge in [-0.1, -0.05) is 98.8 Å². The van der Waals surface area contributed by atoms with Gasteiger partial charge in [0.15, 0.2) is 0 Å². The molecule has 0 saturated carbocycles. The van der Waals surface area contributed by atoms with Gasteiger partial charge in [0.25, 0.3) is 0 Å². The van der Waals surface area contributed by atoms with Crippen molar-refractivity contribution in [2.24, 2.45) is 0 Å². The van der Waals surface area contributed by atoms with E-state index in [9.17, 15) is 0 Å². The van der Waals surface area contributed by atoms with Crippen molar-refractivity contribution in [1.82, 2.24) is 0 Å².